The molecular weight excluding hydrogens is 358 g/mol. The van der Waals surface area contributed by atoms with Crippen LogP contribution in [0.15, 0.2) is 36.4 Å². The number of hydrogen-bond acceptors (Lipinski definition) is 8. The molecule has 0 saturated heterocycles. The van der Waals surface area contributed by atoms with Crippen molar-refractivity contribution in [3.63, 3.8) is 0 Å². The van der Waals surface area contributed by atoms with E-state index in [-0.39, 0.29) is 22.6 Å². The van der Waals surface area contributed by atoms with Gasteiger partial charge in [0.05, 0.1) is 19.1 Å². The SMILES string of the molecule is COc1ccc2c(c1OC)C(=O)O[C@@H]2NNC(=O)c1ccccc1[N+](=O)[O-]. The number of methoxy groups -OCH3 is 2. The second-order valence-electron chi connectivity index (χ2n) is 5.42. The van der Waals surface area contributed by atoms with Crippen molar-refractivity contribution in [1.82, 2.24) is 10.9 Å². The van der Waals surface area contributed by atoms with Crippen LogP contribution >= 0.6 is 0 Å². The van der Waals surface area contributed by atoms with Crippen molar-refractivity contribution in [3.8, 4) is 11.5 Å². The number of nitro groups is 1. The number of rotatable bonds is 6. The van der Waals surface area contributed by atoms with Gasteiger partial charge >= 0.3 is 5.97 Å². The number of esters is 1. The molecule has 3 rings (SSSR count). The van der Waals surface area contributed by atoms with Crippen LogP contribution in [0.3, 0.4) is 0 Å². The van der Waals surface area contributed by atoms with Crippen LogP contribution in [0.25, 0.3) is 0 Å². The number of para-hydroxylation sites is 1. The van der Waals surface area contributed by atoms with Gasteiger partial charge < -0.3 is 14.2 Å². The van der Waals surface area contributed by atoms with Gasteiger partial charge in [-0.15, -0.1) is 0 Å². The second kappa shape index (κ2) is 7.30. The number of benzene rings is 2. The third-order valence-electron chi connectivity index (χ3n) is 3.95. The summed E-state index contributed by atoms with van der Waals surface area (Å²) in [5, 5.41) is 11.0. The van der Waals surface area contributed by atoms with E-state index < -0.39 is 23.0 Å². The minimum atomic E-state index is -0.987. The predicted octanol–water partition coefficient (Wildman–Crippen LogP) is 1.72. The Hall–Kier alpha value is -3.66. The summed E-state index contributed by atoms with van der Waals surface area (Å²) >= 11 is 0. The van der Waals surface area contributed by atoms with Crippen molar-refractivity contribution < 1.29 is 28.7 Å². The number of amides is 1. The summed E-state index contributed by atoms with van der Waals surface area (Å²) in [4.78, 5) is 34.8. The van der Waals surface area contributed by atoms with E-state index in [9.17, 15) is 19.7 Å². The number of ether oxygens (including phenoxy) is 3. The van der Waals surface area contributed by atoms with Crippen molar-refractivity contribution in [1.29, 1.82) is 0 Å². The fourth-order valence-corrected chi connectivity index (χ4v) is 2.73. The summed E-state index contributed by atoms with van der Waals surface area (Å²) in [5.74, 6) is -0.822. The number of hydrazine groups is 1. The molecule has 0 radical (unpaired) electrons. The van der Waals surface area contributed by atoms with E-state index in [4.69, 9.17) is 14.2 Å². The van der Waals surface area contributed by atoms with Crippen LogP contribution < -0.4 is 20.3 Å². The van der Waals surface area contributed by atoms with E-state index >= 15 is 0 Å². The van der Waals surface area contributed by atoms with Gasteiger partial charge in [-0.05, 0) is 18.2 Å². The predicted molar refractivity (Wildman–Crippen MR) is 91.4 cm³/mol. The number of carbonyl (C=O) groups excluding carboxylic acids is 2. The molecule has 2 N–H and O–H groups in total. The minimum absolute atomic E-state index is 0.133. The highest BCUT2D eigenvalue weighted by Crippen LogP contribution is 2.40. The number of nitrogens with zero attached hydrogens (tertiary/aromatic N) is 1. The number of carbonyl (C=O) groups is 2. The average Bonchev–Trinajstić information content (AvgIpc) is 3.01. The molecule has 0 spiro atoms. The highest BCUT2D eigenvalue weighted by molar-refractivity contribution is 5.99. The minimum Gasteiger partial charge on any atom is -0.493 e. The molecule has 1 aliphatic rings. The van der Waals surface area contributed by atoms with E-state index in [1.165, 1.54) is 38.5 Å². The molecule has 0 aromatic heterocycles. The molecule has 1 aliphatic heterocycles. The van der Waals surface area contributed by atoms with Gasteiger partial charge in [0.1, 0.15) is 11.1 Å². The Kier molecular flexibility index (Phi) is 4.90. The zero-order chi connectivity index (χ0) is 19.6. The standard InChI is InChI=1S/C17H15N3O7/c1-25-12-8-7-10-13(14(12)26-2)17(22)27-16(10)19-18-15(21)9-5-3-4-6-11(9)20(23)24/h3-8,16,19H,1-2H3,(H,18,21)/t16-/m0/s1. The molecule has 0 bridgehead atoms. The summed E-state index contributed by atoms with van der Waals surface area (Å²) in [6.07, 6.45) is -0.987. The molecule has 0 saturated carbocycles. The number of fused-ring (bicyclic) bond motifs is 1. The number of cyclic esters (lactones) is 1. The molecule has 10 nitrogen and oxygen atoms in total. The van der Waals surface area contributed by atoms with Crippen molar-refractivity contribution in [2.75, 3.05) is 14.2 Å². The van der Waals surface area contributed by atoms with E-state index in [0.717, 1.165) is 0 Å². The van der Waals surface area contributed by atoms with Crippen LogP contribution in [0.4, 0.5) is 5.69 Å². The van der Waals surface area contributed by atoms with Crippen LogP contribution in [0.2, 0.25) is 0 Å². The van der Waals surface area contributed by atoms with Crippen LogP contribution in [0, 0.1) is 10.1 Å². The largest absolute Gasteiger partial charge is 0.493 e. The van der Waals surface area contributed by atoms with Crippen LogP contribution in [-0.2, 0) is 4.74 Å². The summed E-state index contributed by atoms with van der Waals surface area (Å²) in [7, 11) is 2.83. The maximum Gasteiger partial charge on any atom is 0.344 e. The molecule has 0 unspecified atom stereocenters. The van der Waals surface area contributed by atoms with Gasteiger partial charge in [-0.2, -0.15) is 5.43 Å². The maximum atomic E-state index is 12.3. The molecule has 2 aromatic carbocycles. The molecule has 10 heteroatoms. The Morgan fingerprint density at radius 2 is 1.93 bits per heavy atom. The summed E-state index contributed by atoms with van der Waals surface area (Å²) in [6, 6.07) is 8.68. The van der Waals surface area contributed by atoms with Crippen molar-refractivity contribution in [2.24, 2.45) is 0 Å². The first-order chi connectivity index (χ1) is 13.0. The number of nitrogens with one attached hydrogen (secondary N) is 2. The molecular formula is C17H15N3O7. The van der Waals surface area contributed by atoms with Crippen molar-refractivity contribution in [2.45, 2.75) is 6.23 Å². The van der Waals surface area contributed by atoms with Gasteiger partial charge in [-0.25, -0.2) is 4.79 Å². The van der Waals surface area contributed by atoms with E-state index in [1.54, 1.807) is 12.1 Å². The van der Waals surface area contributed by atoms with E-state index in [2.05, 4.69) is 10.9 Å². The normalized spacial score (nSPS) is 14.9. The maximum absolute atomic E-state index is 12.3. The fraction of sp³-hybridized carbons (Fsp3) is 0.176. The monoisotopic (exact) mass is 373 g/mol. The van der Waals surface area contributed by atoms with Gasteiger partial charge in [0.2, 0.25) is 0 Å². The lowest BCUT2D eigenvalue weighted by molar-refractivity contribution is -0.385. The van der Waals surface area contributed by atoms with Gasteiger partial charge in [-0.1, -0.05) is 12.1 Å². The van der Waals surface area contributed by atoms with E-state index in [1.807, 2.05) is 0 Å². The summed E-state index contributed by atoms with van der Waals surface area (Å²) in [6.45, 7) is 0. The second-order valence-corrected chi connectivity index (χ2v) is 5.42. The van der Waals surface area contributed by atoms with Crippen LogP contribution in [-0.4, -0.2) is 31.0 Å². The van der Waals surface area contributed by atoms with Crippen LogP contribution in [0.5, 0.6) is 11.5 Å². The van der Waals surface area contributed by atoms with E-state index in [0.29, 0.717) is 11.3 Å². The number of hydrogen-bond donors (Lipinski definition) is 2. The molecule has 1 atom stereocenters. The summed E-state index contributed by atoms with van der Waals surface area (Å²) in [5.41, 5.74) is 5.01. The lowest BCUT2D eigenvalue weighted by Crippen LogP contribution is -2.40. The molecule has 0 fully saturated rings. The Balaban J connectivity index is 1.81. The van der Waals surface area contributed by atoms with Crippen LogP contribution in [0.1, 0.15) is 32.5 Å². The zero-order valence-corrected chi connectivity index (χ0v) is 14.3. The Morgan fingerprint density at radius 3 is 2.59 bits per heavy atom. The molecule has 1 heterocycles. The highest BCUT2D eigenvalue weighted by Gasteiger charge is 2.36. The lowest BCUT2D eigenvalue weighted by atomic mass is 10.1. The first kappa shape index (κ1) is 18.1. The van der Waals surface area contributed by atoms with Crippen molar-refractivity contribution in [3.05, 3.63) is 63.2 Å². The first-order valence-electron chi connectivity index (χ1n) is 7.73. The Morgan fingerprint density at radius 1 is 1.19 bits per heavy atom. The topological polar surface area (TPSA) is 129 Å². The van der Waals surface area contributed by atoms with Gasteiger partial charge in [0, 0.05) is 11.6 Å². The lowest BCUT2D eigenvalue weighted by Gasteiger charge is -2.14. The first-order valence-corrected chi connectivity index (χ1v) is 7.73. The number of nitro benzene ring substituents is 1. The van der Waals surface area contributed by atoms with Gasteiger partial charge in [0.15, 0.2) is 17.7 Å². The fourth-order valence-electron chi connectivity index (χ4n) is 2.73. The molecule has 1 amide bonds. The third-order valence-corrected chi connectivity index (χ3v) is 3.95. The highest BCUT2D eigenvalue weighted by atomic mass is 16.6. The Bertz CT molecular complexity index is 929. The molecule has 140 valence electrons. The quantitative estimate of drug-likeness (QED) is 0.445. The average molecular weight is 373 g/mol. The third kappa shape index (κ3) is 3.25. The van der Waals surface area contributed by atoms with Gasteiger partial charge in [-0.3, -0.25) is 20.3 Å². The smallest absolute Gasteiger partial charge is 0.344 e. The van der Waals surface area contributed by atoms with Crippen molar-refractivity contribution >= 4 is 17.6 Å². The van der Waals surface area contributed by atoms with Gasteiger partial charge in [0.25, 0.3) is 11.6 Å². The molecule has 27 heavy (non-hydrogen) atoms. The molecule has 0 aliphatic carbocycles. The summed E-state index contributed by atoms with van der Waals surface area (Å²) < 4.78 is 15.6. The zero-order valence-electron chi connectivity index (χ0n) is 14.3. The molecule has 2 aromatic rings. The Labute approximate surface area is 153 Å².